The van der Waals surface area contributed by atoms with Gasteiger partial charge in [0.1, 0.15) is 6.54 Å². The molecule has 5 nitrogen and oxygen atoms in total. The lowest BCUT2D eigenvalue weighted by Crippen LogP contribution is -2.40. The number of rotatable bonds is 7. The number of aliphatic carboxylic acids is 1. The van der Waals surface area contributed by atoms with E-state index in [1.54, 1.807) is 0 Å². The fraction of sp³-hybridized carbons (Fsp3) is 0.846. The van der Waals surface area contributed by atoms with E-state index in [1.165, 1.54) is 25.7 Å². The van der Waals surface area contributed by atoms with Crippen LogP contribution in [0.1, 0.15) is 45.4 Å². The summed E-state index contributed by atoms with van der Waals surface area (Å²) in [5.74, 6) is -1.16. The van der Waals surface area contributed by atoms with Crippen LogP contribution in [0.2, 0.25) is 0 Å². The third-order valence-electron chi connectivity index (χ3n) is 3.51. The molecule has 1 aliphatic rings. The number of nitrogens with one attached hydrogen (secondary N) is 1. The number of carbonyl (C=O) groups excluding carboxylic acids is 1. The molecule has 18 heavy (non-hydrogen) atoms. The van der Waals surface area contributed by atoms with Gasteiger partial charge in [-0.3, -0.25) is 9.59 Å². The van der Waals surface area contributed by atoms with E-state index in [0.717, 1.165) is 19.5 Å². The van der Waals surface area contributed by atoms with Gasteiger partial charge in [-0.1, -0.05) is 13.3 Å². The Labute approximate surface area is 109 Å². The maximum atomic E-state index is 11.3. The molecule has 1 aliphatic heterocycles. The van der Waals surface area contributed by atoms with Gasteiger partial charge in [0.15, 0.2) is 0 Å². The zero-order valence-corrected chi connectivity index (χ0v) is 11.2. The third-order valence-corrected chi connectivity index (χ3v) is 3.51. The summed E-state index contributed by atoms with van der Waals surface area (Å²) < 4.78 is 0. The van der Waals surface area contributed by atoms with E-state index in [9.17, 15) is 9.59 Å². The lowest BCUT2D eigenvalue weighted by Gasteiger charge is -2.35. The quantitative estimate of drug-likeness (QED) is 0.719. The van der Waals surface area contributed by atoms with Gasteiger partial charge in [0.05, 0.1) is 0 Å². The van der Waals surface area contributed by atoms with Crippen LogP contribution in [0.4, 0.5) is 0 Å². The Morgan fingerprint density at radius 1 is 1.39 bits per heavy atom. The SMILES string of the molecule is CCC1CCCCN1CCCC(=O)NCC(=O)O. The minimum Gasteiger partial charge on any atom is -0.480 e. The summed E-state index contributed by atoms with van der Waals surface area (Å²) in [6, 6.07) is 0.667. The van der Waals surface area contributed by atoms with Crippen molar-refractivity contribution in [3.8, 4) is 0 Å². The van der Waals surface area contributed by atoms with Crippen molar-refractivity contribution in [1.82, 2.24) is 10.2 Å². The summed E-state index contributed by atoms with van der Waals surface area (Å²) in [6.45, 7) is 4.01. The molecule has 0 aromatic rings. The zero-order valence-electron chi connectivity index (χ0n) is 11.2. The Balaban J connectivity index is 2.15. The van der Waals surface area contributed by atoms with Gasteiger partial charge in [-0.05, 0) is 38.8 Å². The third kappa shape index (κ3) is 5.49. The van der Waals surface area contributed by atoms with Crippen LogP contribution in [0.5, 0.6) is 0 Å². The molecule has 0 radical (unpaired) electrons. The number of hydrogen-bond donors (Lipinski definition) is 2. The fourth-order valence-electron chi connectivity index (χ4n) is 2.52. The van der Waals surface area contributed by atoms with Crippen LogP contribution in [0.15, 0.2) is 0 Å². The lowest BCUT2D eigenvalue weighted by molar-refractivity contribution is -0.137. The molecule has 0 aromatic carbocycles. The number of carboxylic acids is 1. The van der Waals surface area contributed by atoms with Crippen LogP contribution in [0.3, 0.4) is 0 Å². The van der Waals surface area contributed by atoms with Crippen molar-refractivity contribution in [3.63, 3.8) is 0 Å². The van der Waals surface area contributed by atoms with E-state index in [1.807, 2.05) is 0 Å². The summed E-state index contributed by atoms with van der Waals surface area (Å²) in [6.07, 6.45) is 6.23. The normalized spacial score (nSPS) is 20.6. The topological polar surface area (TPSA) is 69.6 Å². The maximum absolute atomic E-state index is 11.3. The van der Waals surface area contributed by atoms with Crippen molar-refractivity contribution in [2.75, 3.05) is 19.6 Å². The molecule has 2 N–H and O–H groups in total. The Hall–Kier alpha value is -1.10. The summed E-state index contributed by atoms with van der Waals surface area (Å²) in [5.41, 5.74) is 0. The second kappa shape index (κ2) is 8.08. The van der Waals surface area contributed by atoms with Gasteiger partial charge in [-0.25, -0.2) is 0 Å². The van der Waals surface area contributed by atoms with Crippen molar-refractivity contribution in [3.05, 3.63) is 0 Å². The minimum absolute atomic E-state index is 0.164. The molecule has 1 heterocycles. The summed E-state index contributed by atoms with van der Waals surface area (Å²) >= 11 is 0. The van der Waals surface area contributed by atoms with Gasteiger partial charge in [-0.15, -0.1) is 0 Å². The van der Waals surface area contributed by atoms with Crippen molar-refractivity contribution < 1.29 is 14.7 Å². The Bertz CT molecular complexity index is 281. The monoisotopic (exact) mass is 256 g/mol. The zero-order chi connectivity index (χ0) is 13.4. The first-order chi connectivity index (χ1) is 8.63. The molecule has 1 saturated heterocycles. The Morgan fingerprint density at radius 3 is 2.83 bits per heavy atom. The maximum Gasteiger partial charge on any atom is 0.322 e. The average Bonchev–Trinajstić information content (AvgIpc) is 2.37. The molecule has 0 bridgehead atoms. The fourth-order valence-corrected chi connectivity index (χ4v) is 2.52. The largest absolute Gasteiger partial charge is 0.480 e. The molecule has 1 unspecified atom stereocenters. The van der Waals surface area contributed by atoms with E-state index >= 15 is 0 Å². The highest BCUT2D eigenvalue weighted by Crippen LogP contribution is 2.19. The number of likely N-dealkylation sites (tertiary alicyclic amines) is 1. The van der Waals surface area contributed by atoms with Crippen LogP contribution in [-0.2, 0) is 9.59 Å². The van der Waals surface area contributed by atoms with Crippen molar-refractivity contribution in [2.24, 2.45) is 0 Å². The first kappa shape index (κ1) is 15.0. The van der Waals surface area contributed by atoms with Gasteiger partial charge >= 0.3 is 5.97 Å². The summed E-state index contributed by atoms with van der Waals surface area (Å²) in [5, 5.41) is 10.8. The molecular weight excluding hydrogens is 232 g/mol. The Kier molecular flexibility index (Phi) is 6.72. The minimum atomic E-state index is -0.995. The standard InChI is InChI=1S/C13H24N2O3/c1-2-11-6-3-4-8-15(11)9-5-7-12(16)14-10-13(17)18/h11H,2-10H2,1H3,(H,14,16)(H,17,18). The van der Waals surface area contributed by atoms with Crippen LogP contribution in [-0.4, -0.2) is 47.6 Å². The van der Waals surface area contributed by atoms with E-state index in [-0.39, 0.29) is 12.5 Å². The van der Waals surface area contributed by atoms with Crippen molar-refractivity contribution in [1.29, 1.82) is 0 Å². The van der Waals surface area contributed by atoms with Crippen molar-refractivity contribution >= 4 is 11.9 Å². The number of nitrogens with zero attached hydrogens (tertiary/aromatic N) is 1. The summed E-state index contributed by atoms with van der Waals surface area (Å²) in [7, 11) is 0. The molecule has 0 aliphatic carbocycles. The van der Waals surface area contributed by atoms with Crippen LogP contribution in [0.25, 0.3) is 0 Å². The second-order valence-electron chi connectivity index (χ2n) is 4.87. The Morgan fingerprint density at radius 2 is 2.17 bits per heavy atom. The number of amides is 1. The first-order valence-electron chi connectivity index (χ1n) is 6.86. The van der Waals surface area contributed by atoms with Crippen LogP contribution >= 0.6 is 0 Å². The van der Waals surface area contributed by atoms with E-state index < -0.39 is 5.97 Å². The number of carbonyl (C=O) groups is 2. The molecule has 1 atom stereocenters. The van der Waals surface area contributed by atoms with Crippen LogP contribution < -0.4 is 5.32 Å². The van der Waals surface area contributed by atoms with Gasteiger partial charge < -0.3 is 15.3 Å². The molecule has 5 heteroatoms. The lowest BCUT2D eigenvalue weighted by atomic mass is 10.00. The van der Waals surface area contributed by atoms with Gasteiger partial charge in [-0.2, -0.15) is 0 Å². The molecule has 1 amide bonds. The van der Waals surface area contributed by atoms with Gasteiger partial charge in [0.2, 0.25) is 5.91 Å². The highest BCUT2D eigenvalue weighted by atomic mass is 16.4. The van der Waals surface area contributed by atoms with E-state index in [0.29, 0.717) is 12.5 Å². The second-order valence-corrected chi connectivity index (χ2v) is 4.87. The predicted octanol–water partition coefficient (Wildman–Crippen LogP) is 1.23. The average molecular weight is 256 g/mol. The highest BCUT2D eigenvalue weighted by Gasteiger charge is 2.20. The predicted molar refractivity (Wildman–Crippen MR) is 69.4 cm³/mol. The molecule has 0 spiro atoms. The van der Waals surface area contributed by atoms with Gasteiger partial charge in [0.25, 0.3) is 0 Å². The molecular formula is C13H24N2O3. The smallest absolute Gasteiger partial charge is 0.322 e. The highest BCUT2D eigenvalue weighted by molar-refractivity contribution is 5.80. The van der Waals surface area contributed by atoms with Gasteiger partial charge in [0, 0.05) is 12.5 Å². The molecule has 0 saturated carbocycles. The molecule has 1 fully saturated rings. The van der Waals surface area contributed by atoms with E-state index in [2.05, 4.69) is 17.1 Å². The number of piperidine rings is 1. The van der Waals surface area contributed by atoms with Crippen LogP contribution in [0, 0.1) is 0 Å². The number of hydrogen-bond acceptors (Lipinski definition) is 3. The molecule has 0 aromatic heterocycles. The molecule has 104 valence electrons. The van der Waals surface area contributed by atoms with Crippen molar-refractivity contribution in [2.45, 2.75) is 51.5 Å². The number of carboxylic acid groups (broad SMARTS) is 1. The summed E-state index contributed by atoms with van der Waals surface area (Å²) in [4.78, 5) is 24.1. The first-order valence-corrected chi connectivity index (χ1v) is 6.86. The molecule has 1 rings (SSSR count). The van der Waals surface area contributed by atoms with E-state index in [4.69, 9.17) is 5.11 Å².